The second-order valence-corrected chi connectivity index (χ2v) is 6.12. The molecule has 0 unspecified atom stereocenters. The SMILES string of the molecule is Cc1ccc(CCN(C)CC2CCNCC2)cc1C. The third-order valence-corrected chi connectivity index (χ3v) is 4.38. The molecule has 0 spiro atoms. The molecule has 2 heteroatoms. The van der Waals surface area contributed by atoms with Gasteiger partial charge in [0.1, 0.15) is 0 Å². The van der Waals surface area contributed by atoms with Gasteiger partial charge in [-0.05, 0) is 75.9 Å². The van der Waals surface area contributed by atoms with E-state index in [1.807, 2.05) is 0 Å². The molecule has 1 heterocycles. The Kier molecular flexibility index (Phi) is 5.41. The summed E-state index contributed by atoms with van der Waals surface area (Å²) in [6, 6.07) is 6.87. The van der Waals surface area contributed by atoms with E-state index >= 15 is 0 Å². The minimum Gasteiger partial charge on any atom is -0.317 e. The Bertz CT molecular complexity index is 394. The fourth-order valence-corrected chi connectivity index (χ4v) is 2.88. The molecule has 1 aromatic carbocycles. The summed E-state index contributed by atoms with van der Waals surface area (Å²) in [5, 5.41) is 3.44. The third kappa shape index (κ3) is 4.63. The molecular weight excluding hydrogens is 232 g/mol. The molecule has 19 heavy (non-hydrogen) atoms. The number of hydrogen-bond donors (Lipinski definition) is 1. The standard InChI is InChI=1S/C17H28N2/c1-14-4-5-16(12-15(14)2)8-11-19(3)13-17-6-9-18-10-7-17/h4-5,12,17-18H,6-11,13H2,1-3H3. The van der Waals surface area contributed by atoms with E-state index in [-0.39, 0.29) is 0 Å². The van der Waals surface area contributed by atoms with Gasteiger partial charge >= 0.3 is 0 Å². The van der Waals surface area contributed by atoms with Gasteiger partial charge in [-0.3, -0.25) is 0 Å². The summed E-state index contributed by atoms with van der Waals surface area (Å²) in [5.74, 6) is 0.894. The molecule has 0 aliphatic carbocycles. The highest BCUT2D eigenvalue weighted by Crippen LogP contribution is 2.14. The number of aryl methyl sites for hydroxylation is 2. The number of benzene rings is 1. The van der Waals surface area contributed by atoms with Crippen LogP contribution in [0.2, 0.25) is 0 Å². The Morgan fingerprint density at radius 1 is 1.16 bits per heavy atom. The molecule has 0 amide bonds. The first-order valence-corrected chi connectivity index (χ1v) is 7.60. The minimum absolute atomic E-state index is 0.894. The fraction of sp³-hybridized carbons (Fsp3) is 0.647. The van der Waals surface area contributed by atoms with Gasteiger partial charge in [0.25, 0.3) is 0 Å². The molecular formula is C17H28N2. The summed E-state index contributed by atoms with van der Waals surface area (Å²) in [4.78, 5) is 2.51. The number of hydrogen-bond acceptors (Lipinski definition) is 2. The van der Waals surface area contributed by atoms with E-state index in [2.05, 4.69) is 49.3 Å². The molecule has 1 fully saturated rings. The molecule has 1 aliphatic rings. The van der Waals surface area contributed by atoms with Crippen LogP contribution in [0, 0.1) is 19.8 Å². The van der Waals surface area contributed by atoms with Crippen molar-refractivity contribution in [2.45, 2.75) is 33.1 Å². The van der Waals surface area contributed by atoms with Crippen LogP contribution < -0.4 is 5.32 Å². The van der Waals surface area contributed by atoms with Crippen LogP contribution in [0.1, 0.15) is 29.5 Å². The average molecular weight is 260 g/mol. The summed E-state index contributed by atoms with van der Waals surface area (Å²) in [6.07, 6.45) is 3.85. The van der Waals surface area contributed by atoms with Crippen LogP contribution in [-0.2, 0) is 6.42 Å². The van der Waals surface area contributed by atoms with Gasteiger partial charge in [-0.2, -0.15) is 0 Å². The van der Waals surface area contributed by atoms with Crippen LogP contribution in [0.15, 0.2) is 18.2 Å². The maximum atomic E-state index is 3.44. The molecule has 1 aliphatic heterocycles. The third-order valence-electron chi connectivity index (χ3n) is 4.38. The second kappa shape index (κ2) is 7.06. The Morgan fingerprint density at radius 3 is 2.58 bits per heavy atom. The summed E-state index contributed by atoms with van der Waals surface area (Å²) in [7, 11) is 2.27. The van der Waals surface area contributed by atoms with Crippen molar-refractivity contribution in [3.63, 3.8) is 0 Å². The van der Waals surface area contributed by atoms with Crippen LogP contribution in [0.3, 0.4) is 0 Å². The highest BCUT2D eigenvalue weighted by Gasteiger charge is 2.14. The fourth-order valence-electron chi connectivity index (χ4n) is 2.88. The van der Waals surface area contributed by atoms with E-state index < -0.39 is 0 Å². The molecule has 0 aromatic heterocycles. The lowest BCUT2D eigenvalue weighted by atomic mass is 9.97. The van der Waals surface area contributed by atoms with Crippen molar-refractivity contribution in [3.8, 4) is 0 Å². The zero-order valence-electron chi connectivity index (χ0n) is 12.7. The minimum atomic E-state index is 0.894. The zero-order valence-corrected chi connectivity index (χ0v) is 12.7. The highest BCUT2D eigenvalue weighted by atomic mass is 15.1. The van der Waals surface area contributed by atoms with Crippen molar-refractivity contribution < 1.29 is 0 Å². The first kappa shape index (κ1) is 14.5. The van der Waals surface area contributed by atoms with Gasteiger partial charge in [0, 0.05) is 13.1 Å². The van der Waals surface area contributed by atoms with Crippen molar-refractivity contribution >= 4 is 0 Å². The van der Waals surface area contributed by atoms with Crippen molar-refractivity contribution in [3.05, 3.63) is 34.9 Å². The quantitative estimate of drug-likeness (QED) is 0.876. The van der Waals surface area contributed by atoms with Crippen molar-refractivity contribution in [2.75, 3.05) is 33.2 Å². The number of nitrogens with zero attached hydrogens (tertiary/aromatic N) is 1. The molecule has 1 N–H and O–H groups in total. The van der Waals surface area contributed by atoms with Gasteiger partial charge in [0.15, 0.2) is 0 Å². The second-order valence-electron chi connectivity index (χ2n) is 6.12. The Morgan fingerprint density at radius 2 is 1.89 bits per heavy atom. The topological polar surface area (TPSA) is 15.3 Å². The molecule has 2 nitrogen and oxygen atoms in total. The number of likely N-dealkylation sites (N-methyl/N-ethyl adjacent to an activating group) is 1. The van der Waals surface area contributed by atoms with E-state index in [0.29, 0.717) is 0 Å². The molecule has 1 aromatic rings. The van der Waals surface area contributed by atoms with E-state index in [1.165, 1.54) is 62.1 Å². The van der Waals surface area contributed by atoms with Crippen molar-refractivity contribution in [1.82, 2.24) is 10.2 Å². The number of rotatable bonds is 5. The van der Waals surface area contributed by atoms with Gasteiger partial charge < -0.3 is 10.2 Å². The van der Waals surface area contributed by atoms with Gasteiger partial charge in [-0.15, -0.1) is 0 Å². The molecule has 106 valence electrons. The van der Waals surface area contributed by atoms with Gasteiger partial charge in [-0.1, -0.05) is 18.2 Å². The molecule has 2 rings (SSSR count). The Labute approximate surface area is 118 Å². The van der Waals surface area contributed by atoms with Crippen LogP contribution in [-0.4, -0.2) is 38.1 Å². The maximum Gasteiger partial charge on any atom is 0.00189 e. The zero-order chi connectivity index (χ0) is 13.7. The first-order chi connectivity index (χ1) is 9.15. The molecule has 0 radical (unpaired) electrons. The van der Waals surface area contributed by atoms with Crippen LogP contribution >= 0.6 is 0 Å². The van der Waals surface area contributed by atoms with Gasteiger partial charge in [0.2, 0.25) is 0 Å². The number of piperidine rings is 1. The first-order valence-electron chi connectivity index (χ1n) is 7.60. The lowest BCUT2D eigenvalue weighted by Gasteiger charge is -2.27. The highest BCUT2D eigenvalue weighted by molar-refractivity contribution is 5.30. The Hall–Kier alpha value is -0.860. The van der Waals surface area contributed by atoms with Gasteiger partial charge in [-0.25, -0.2) is 0 Å². The lowest BCUT2D eigenvalue weighted by Crippen LogP contribution is -2.35. The summed E-state index contributed by atoms with van der Waals surface area (Å²) >= 11 is 0. The molecule has 0 bridgehead atoms. The summed E-state index contributed by atoms with van der Waals surface area (Å²) < 4.78 is 0. The van der Waals surface area contributed by atoms with E-state index in [1.54, 1.807) is 0 Å². The Balaban J connectivity index is 1.75. The van der Waals surface area contributed by atoms with Crippen LogP contribution in [0.5, 0.6) is 0 Å². The largest absolute Gasteiger partial charge is 0.317 e. The van der Waals surface area contributed by atoms with Gasteiger partial charge in [0.05, 0.1) is 0 Å². The molecule has 0 atom stereocenters. The average Bonchev–Trinajstić information content (AvgIpc) is 2.41. The predicted molar refractivity (Wildman–Crippen MR) is 82.7 cm³/mol. The van der Waals surface area contributed by atoms with Crippen molar-refractivity contribution in [1.29, 1.82) is 0 Å². The van der Waals surface area contributed by atoms with Crippen LogP contribution in [0.25, 0.3) is 0 Å². The van der Waals surface area contributed by atoms with E-state index in [9.17, 15) is 0 Å². The summed E-state index contributed by atoms with van der Waals surface area (Å²) in [6.45, 7) is 9.23. The molecule has 0 saturated carbocycles. The smallest absolute Gasteiger partial charge is 0.00189 e. The molecule has 1 saturated heterocycles. The summed E-state index contributed by atoms with van der Waals surface area (Å²) in [5.41, 5.74) is 4.28. The number of nitrogens with one attached hydrogen (secondary N) is 1. The van der Waals surface area contributed by atoms with Crippen LogP contribution in [0.4, 0.5) is 0 Å². The van der Waals surface area contributed by atoms with E-state index in [4.69, 9.17) is 0 Å². The maximum absolute atomic E-state index is 3.44. The van der Waals surface area contributed by atoms with E-state index in [0.717, 1.165) is 5.92 Å². The predicted octanol–water partition coefficient (Wildman–Crippen LogP) is 2.78. The monoisotopic (exact) mass is 260 g/mol. The normalized spacial score (nSPS) is 17.1. The van der Waals surface area contributed by atoms with Crippen molar-refractivity contribution in [2.24, 2.45) is 5.92 Å². The lowest BCUT2D eigenvalue weighted by molar-refractivity contribution is 0.242.